The topological polar surface area (TPSA) is 60.5 Å². The number of cyclic esters (lactones) is 1. The van der Waals surface area contributed by atoms with Gasteiger partial charge < -0.3 is 14.8 Å². The minimum Gasteiger partial charge on any atom is -0.495 e. The van der Waals surface area contributed by atoms with E-state index in [-0.39, 0.29) is 11.9 Å². The fourth-order valence-electron chi connectivity index (χ4n) is 3.24. The molecule has 2 atom stereocenters. The molecule has 0 bridgehead atoms. The summed E-state index contributed by atoms with van der Waals surface area (Å²) in [7, 11) is 1.64. The number of nitrogens with one attached hydrogen (secondary N) is 1. The average Bonchev–Trinajstić information content (AvgIpc) is 3.13. The zero-order valence-corrected chi connectivity index (χ0v) is 15.9. The van der Waals surface area contributed by atoms with Crippen molar-refractivity contribution < 1.29 is 14.3 Å². The monoisotopic (exact) mass is 360 g/mol. The van der Waals surface area contributed by atoms with Crippen LogP contribution in [0.2, 0.25) is 0 Å². The predicted octanol–water partition coefficient (Wildman–Crippen LogP) is 4.72. The third-order valence-electron chi connectivity index (χ3n) is 4.45. The van der Waals surface area contributed by atoms with Gasteiger partial charge in [0.15, 0.2) is 10.7 Å². The van der Waals surface area contributed by atoms with Gasteiger partial charge in [-0.1, -0.05) is 26.0 Å². The van der Waals surface area contributed by atoms with E-state index in [9.17, 15) is 4.79 Å². The van der Waals surface area contributed by atoms with Crippen LogP contribution in [0, 0.1) is 11.8 Å². The van der Waals surface area contributed by atoms with Gasteiger partial charge in [0, 0.05) is 11.8 Å². The van der Waals surface area contributed by atoms with Gasteiger partial charge in [-0.15, -0.1) is 11.3 Å². The molecule has 134 valence electrons. The number of thiazole rings is 1. The SMILES string of the molecule is COc1ccccc1Nc1nc([C@]2(C)C[C@H](CC(C)C)C(=O)O2)cs1. The lowest BCUT2D eigenvalue weighted by Gasteiger charge is -2.20. The van der Waals surface area contributed by atoms with Gasteiger partial charge in [0.2, 0.25) is 0 Å². The summed E-state index contributed by atoms with van der Waals surface area (Å²) in [6.45, 7) is 6.20. The number of para-hydroxylation sites is 2. The molecular formula is C19H24N2O3S. The lowest BCUT2D eigenvalue weighted by atomic mass is 9.88. The van der Waals surface area contributed by atoms with Crippen molar-refractivity contribution >= 4 is 28.1 Å². The molecule has 2 heterocycles. The molecule has 0 aliphatic carbocycles. The number of esters is 1. The molecule has 25 heavy (non-hydrogen) atoms. The van der Waals surface area contributed by atoms with Gasteiger partial charge in [-0.3, -0.25) is 4.79 Å². The maximum atomic E-state index is 12.2. The highest BCUT2D eigenvalue weighted by atomic mass is 32.1. The second-order valence-corrected chi connectivity index (χ2v) is 7.90. The van der Waals surface area contributed by atoms with E-state index in [1.165, 1.54) is 11.3 Å². The summed E-state index contributed by atoms with van der Waals surface area (Å²) in [5.41, 5.74) is 1.01. The molecule has 1 fully saturated rings. The van der Waals surface area contributed by atoms with E-state index >= 15 is 0 Å². The number of anilines is 2. The Morgan fingerprint density at radius 2 is 2.20 bits per heavy atom. The zero-order chi connectivity index (χ0) is 18.0. The molecular weight excluding hydrogens is 336 g/mol. The Kier molecular flexibility index (Phi) is 4.99. The highest BCUT2D eigenvalue weighted by Gasteiger charge is 2.46. The molecule has 1 aromatic heterocycles. The molecule has 3 rings (SSSR count). The molecule has 1 N–H and O–H groups in total. The highest BCUT2D eigenvalue weighted by Crippen LogP contribution is 2.42. The van der Waals surface area contributed by atoms with Crippen molar-refractivity contribution in [1.82, 2.24) is 4.98 Å². The lowest BCUT2D eigenvalue weighted by molar-refractivity contribution is -0.150. The minimum absolute atomic E-state index is 0.0441. The first-order valence-corrected chi connectivity index (χ1v) is 9.38. The van der Waals surface area contributed by atoms with Crippen LogP contribution in [-0.4, -0.2) is 18.1 Å². The first kappa shape index (κ1) is 17.7. The fourth-order valence-corrected chi connectivity index (χ4v) is 4.09. The fraction of sp³-hybridized carbons (Fsp3) is 0.474. The number of benzene rings is 1. The van der Waals surface area contributed by atoms with Crippen molar-refractivity contribution in [2.75, 3.05) is 12.4 Å². The second-order valence-electron chi connectivity index (χ2n) is 7.05. The van der Waals surface area contributed by atoms with E-state index in [1.807, 2.05) is 36.6 Å². The molecule has 0 amide bonds. The van der Waals surface area contributed by atoms with Gasteiger partial charge in [0.25, 0.3) is 0 Å². The molecule has 2 aromatic rings. The van der Waals surface area contributed by atoms with Crippen LogP contribution >= 0.6 is 11.3 Å². The van der Waals surface area contributed by atoms with Gasteiger partial charge in [-0.05, 0) is 31.4 Å². The van der Waals surface area contributed by atoms with Crippen LogP contribution in [-0.2, 0) is 15.1 Å². The number of rotatable bonds is 6. The predicted molar refractivity (Wildman–Crippen MR) is 99.4 cm³/mol. The van der Waals surface area contributed by atoms with E-state index in [0.717, 1.165) is 28.7 Å². The van der Waals surface area contributed by atoms with E-state index in [0.29, 0.717) is 12.3 Å². The first-order chi connectivity index (χ1) is 11.9. The summed E-state index contributed by atoms with van der Waals surface area (Å²) in [6, 6.07) is 7.70. The average molecular weight is 360 g/mol. The number of hydrogen-bond acceptors (Lipinski definition) is 6. The van der Waals surface area contributed by atoms with Gasteiger partial charge in [-0.25, -0.2) is 4.98 Å². The molecule has 0 spiro atoms. The van der Waals surface area contributed by atoms with Crippen LogP contribution in [0.25, 0.3) is 0 Å². The van der Waals surface area contributed by atoms with Gasteiger partial charge in [-0.2, -0.15) is 0 Å². The summed E-state index contributed by atoms with van der Waals surface area (Å²) in [6.07, 6.45) is 1.53. The Labute approximate surface area is 152 Å². The number of ether oxygens (including phenoxy) is 2. The summed E-state index contributed by atoms with van der Waals surface area (Å²) < 4.78 is 11.1. The molecule has 0 unspecified atom stereocenters. The highest BCUT2D eigenvalue weighted by molar-refractivity contribution is 7.13. The zero-order valence-electron chi connectivity index (χ0n) is 15.0. The molecule has 5 nitrogen and oxygen atoms in total. The molecule has 0 radical (unpaired) electrons. The quantitative estimate of drug-likeness (QED) is 0.755. The molecule has 6 heteroatoms. The van der Waals surface area contributed by atoms with Crippen LogP contribution in [0.4, 0.5) is 10.8 Å². The Balaban J connectivity index is 1.76. The molecule has 1 aromatic carbocycles. The van der Waals surface area contributed by atoms with E-state index in [4.69, 9.17) is 9.47 Å². The van der Waals surface area contributed by atoms with Crippen molar-refractivity contribution in [2.45, 2.75) is 39.2 Å². The van der Waals surface area contributed by atoms with Crippen molar-refractivity contribution in [3.63, 3.8) is 0 Å². The number of nitrogens with zero attached hydrogens (tertiary/aromatic N) is 1. The van der Waals surface area contributed by atoms with Crippen molar-refractivity contribution in [2.24, 2.45) is 11.8 Å². The number of carbonyl (C=O) groups is 1. The smallest absolute Gasteiger partial charge is 0.310 e. The van der Waals surface area contributed by atoms with Crippen molar-refractivity contribution in [3.8, 4) is 5.75 Å². The number of aromatic nitrogens is 1. The van der Waals surface area contributed by atoms with Crippen LogP contribution in [0.5, 0.6) is 5.75 Å². The molecule has 0 saturated carbocycles. The Morgan fingerprint density at radius 1 is 1.44 bits per heavy atom. The van der Waals surface area contributed by atoms with Gasteiger partial charge >= 0.3 is 5.97 Å². The van der Waals surface area contributed by atoms with Crippen LogP contribution in [0.15, 0.2) is 29.6 Å². The summed E-state index contributed by atoms with van der Waals surface area (Å²) in [5, 5.41) is 6.00. The van der Waals surface area contributed by atoms with Gasteiger partial charge in [0.1, 0.15) is 5.75 Å². The standard InChI is InChI=1S/C19H24N2O3S/c1-12(2)9-13-10-19(3,24-17(13)22)16-11-25-18(21-16)20-14-7-5-6-8-15(14)23-4/h5-8,11-13H,9-10H2,1-4H3,(H,20,21)/t13-,19-/m0/s1. The Bertz CT molecular complexity index is 759. The number of carbonyl (C=O) groups excluding carboxylic acids is 1. The van der Waals surface area contributed by atoms with E-state index < -0.39 is 5.60 Å². The van der Waals surface area contributed by atoms with E-state index in [1.54, 1.807) is 7.11 Å². The molecule has 1 aliphatic rings. The minimum atomic E-state index is -0.645. The summed E-state index contributed by atoms with van der Waals surface area (Å²) >= 11 is 1.50. The Hall–Kier alpha value is -2.08. The maximum absolute atomic E-state index is 12.2. The van der Waals surface area contributed by atoms with Crippen LogP contribution < -0.4 is 10.1 Å². The van der Waals surface area contributed by atoms with Gasteiger partial charge in [0.05, 0.1) is 24.4 Å². The molecule has 1 aliphatic heterocycles. The van der Waals surface area contributed by atoms with Crippen molar-refractivity contribution in [1.29, 1.82) is 0 Å². The summed E-state index contributed by atoms with van der Waals surface area (Å²) in [5.74, 6) is 1.08. The summed E-state index contributed by atoms with van der Waals surface area (Å²) in [4.78, 5) is 16.9. The third kappa shape index (κ3) is 3.79. The molecule has 1 saturated heterocycles. The third-order valence-corrected chi connectivity index (χ3v) is 5.20. The van der Waals surface area contributed by atoms with Crippen LogP contribution in [0.3, 0.4) is 0 Å². The largest absolute Gasteiger partial charge is 0.495 e. The van der Waals surface area contributed by atoms with Crippen molar-refractivity contribution in [3.05, 3.63) is 35.3 Å². The van der Waals surface area contributed by atoms with E-state index in [2.05, 4.69) is 24.1 Å². The first-order valence-electron chi connectivity index (χ1n) is 8.50. The number of methoxy groups -OCH3 is 1. The maximum Gasteiger partial charge on any atom is 0.310 e. The second kappa shape index (κ2) is 7.04. The lowest BCUT2D eigenvalue weighted by Crippen LogP contribution is -2.21. The Morgan fingerprint density at radius 3 is 2.92 bits per heavy atom. The van der Waals surface area contributed by atoms with Crippen LogP contribution in [0.1, 0.15) is 39.3 Å². The number of hydrogen-bond donors (Lipinski definition) is 1. The normalized spacial score (nSPS) is 22.9.